The molecule has 2 saturated heterocycles. The van der Waals surface area contributed by atoms with Crippen LogP contribution in [0.3, 0.4) is 0 Å². The molecule has 204 valence electrons. The molecule has 1 N–H and O–H groups in total. The summed E-state index contributed by atoms with van der Waals surface area (Å²) >= 11 is 0. The van der Waals surface area contributed by atoms with Gasteiger partial charge in [0.15, 0.2) is 0 Å². The Labute approximate surface area is 228 Å². The number of ether oxygens (including phenoxy) is 1. The number of hydrogen-bond donors (Lipinski definition) is 1. The van der Waals surface area contributed by atoms with Crippen LogP contribution >= 0.6 is 0 Å². The Hall–Kier alpha value is -3.78. The predicted molar refractivity (Wildman–Crippen MR) is 148 cm³/mol. The molecule has 1 aliphatic carbocycles. The van der Waals surface area contributed by atoms with Gasteiger partial charge in [-0.3, -0.25) is 19.7 Å². The van der Waals surface area contributed by atoms with Crippen molar-refractivity contribution >= 4 is 29.3 Å². The Kier molecular flexibility index (Phi) is 7.66. The van der Waals surface area contributed by atoms with Crippen LogP contribution in [0.4, 0.5) is 11.4 Å². The number of carbonyl (C=O) groups excluding carboxylic acids is 2. The number of non-ortho nitro benzene ring substituents is 1. The van der Waals surface area contributed by atoms with Gasteiger partial charge in [-0.2, -0.15) is 0 Å². The van der Waals surface area contributed by atoms with Crippen LogP contribution in [0.15, 0.2) is 65.3 Å². The van der Waals surface area contributed by atoms with Crippen molar-refractivity contribution in [2.24, 2.45) is 17.8 Å². The molecule has 2 amide bonds. The lowest BCUT2D eigenvalue weighted by molar-refractivity contribution is -0.384. The van der Waals surface area contributed by atoms with E-state index in [9.17, 15) is 24.8 Å². The number of hydrogen-bond acceptors (Lipinski definition) is 6. The van der Waals surface area contributed by atoms with Gasteiger partial charge >= 0.3 is 0 Å². The van der Waals surface area contributed by atoms with E-state index in [2.05, 4.69) is 19.9 Å². The second kappa shape index (κ2) is 11.1. The maximum Gasteiger partial charge on any atom is 0.271 e. The number of nitro benzene ring substituents is 1. The van der Waals surface area contributed by atoms with E-state index in [1.54, 1.807) is 18.2 Å². The molecule has 2 aliphatic heterocycles. The summed E-state index contributed by atoms with van der Waals surface area (Å²) in [6, 6.07) is 12.9. The van der Waals surface area contributed by atoms with Crippen molar-refractivity contribution in [3.8, 4) is 5.75 Å². The van der Waals surface area contributed by atoms with E-state index < -0.39 is 16.8 Å². The van der Waals surface area contributed by atoms with E-state index in [1.165, 1.54) is 34.9 Å². The Morgan fingerprint density at radius 1 is 1.13 bits per heavy atom. The van der Waals surface area contributed by atoms with Crippen molar-refractivity contribution in [2.75, 3.05) is 11.5 Å². The third-order valence-electron chi connectivity index (χ3n) is 8.28. The van der Waals surface area contributed by atoms with Gasteiger partial charge in [0.2, 0.25) is 11.8 Å². The number of aromatic hydroxyl groups is 1. The van der Waals surface area contributed by atoms with Crippen LogP contribution in [0, 0.1) is 27.9 Å². The topological polar surface area (TPSA) is 110 Å². The molecule has 2 heterocycles. The number of rotatable bonds is 9. The van der Waals surface area contributed by atoms with Crippen LogP contribution in [0.25, 0.3) is 6.08 Å². The number of imide groups is 1. The van der Waals surface area contributed by atoms with Crippen molar-refractivity contribution in [3.05, 3.63) is 80.9 Å². The van der Waals surface area contributed by atoms with Crippen molar-refractivity contribution in [3.63, 3.8) is 0 Å². The zero-order valence-electron chi connectivity index (χ0n) is 22.3. The molecule has 0 unspecified atom stereocenters. The molecular formula is C31H34N2O6. The molecule has 0 bridgehead atoms. The van der Waals surface area contributed by atoms with Gasteiger partial charge in [-0.25, -0.2) is 4.90 Å². The average Bonchev–Trinajstić information content (AvgIpc) is 3.45. The molecule has 3 aliphatic rings. The lowest BCUT2D eigenvalue weighted by Crippen LogP contribution is -2.34. The monoisotopic (exact) mass is 530 g/mol. The van der Waals surface area contributed by atoms with Gasteiger partial charge in [0.1, 0.15) is 5.75 Å². The molecule has 8 nitrogen and oxygen atoms in total. The lowest BCUT2D eigenvalue weighted by atomic mass is 9.68. The molecule has 0 radical (unpaired) electrons. The minimum absolute atomic E-state index is 0.105. The number of phenolic OH excluding ortho intramolecular Hbond substituents is 1. The fraction of sp³-hybridized carbons (Fsp3) is 0.419. The first-order valence-corrected chi connectivity index (χ1v) is 13.8. The Morgan fingerprint density at radius 3 is 2.64 bits per heavy atom. The number of amides is 2. The zero-order chi connectivity index (χ0) is 27.7. The minimum Gasteiger partial charge on any atom is -0.508 e. The highest BCUT2D eigenvalue weighted by molar-refractivity contribution is 6.22. The van der Waals surface area contributed by atoms with E-state index in [0.29, 0.717) is 13.0 Å². The first-order valence-electron chi connectivity index (χ1n) is 13.8. The molecule has 2 fully saturated rings. The van der Waals surface area contributed by atoms with Crippen molar-refractivity contribution in [1.82, 2.24) is 0 Å². The number of nitro groups is 1. The highest BCUT2D eigenvalue weighted by Crippen LogP contribution is 2.51. The highest BCUT2D eigenvalue weighted by atomic mass is 16.6. The van der Waals surface area contributed by atoms with Gasteiger partial charge in [-0.15, -0.1) is 0 Å². The van der Waals surface area contributed by atoms with E-state index in [1.807, 2.05) is 12.1 Å². The fourth-order valence-electron chi connectivity index (χ4n) is 6.53. The molecule has 5 rings (SSSR count). The van der Waals surface area contributed by atoms with Gasteiger partial charge < -0.3 is 9.84 Å². The SMILES string of the molecule is CCCC1=C2[C@@H](CC/C(=C/c3cccc(O)c3)CC)OC[C@@H]2[C@@H]2C(=O)N(c3cccc([N+](=O)[O-])c3)C(=O)[C@@H]2C1. The quantitative estimate of drug-likeness (QED) is 0.179. The third kappa shape index (κ3) is 5.13. The first-order chi connectivity index (χ1) is 18.8. The molecule has 0 aromatic heterocycles. The summed E-state index contributed by atoms with van der Waals surface area (Å²) < 4.78 is 6.33. The third-order valence-corrected chi connectivity index (χ3v) is 8.28. The maximum atomic E-state index is 13.7. The van der Waals surface area contributed by atoms with E-state index >= 15 is 0 Å². The van der Waals surface area contributed by atoms with Crippen LogP contribution in [0.2, 0.25) is 0 Å². The highest BCUT2D eigenvalue weighted by Gasteiger charge is 2.57. The van der Waals surface area contributed by atoms with E-state index in [0.717, 1.165) is 42.6 Å². The van der Waals surface area contributed by atoms with Crippen LogP contribution in [-0.4, -0.2) is 34.6 Å². The van der Waals surface area contributed by atoms with Crippen molar-refractivity contribution in [1.29, 1.82) is 0 Å². The molecular weight excluding hydrogens is 496 g/mol. The van der Waals surface area contributed by atoms with E-state index in [-0.39, 0.29) is 41.0 Å². The summed E-state index contributed by atoms with van der Waals surface area (Å²) in [5.74, 6) is -1.45. The minimum atomic E-state index is -0.518. The number of phenols is 1. The number of fused-ring (bicyclic) bond motifs is 3. The lowest BCUT2D eigenvalue weighted by Gasteiger charge is -2.32. The second-order valence-corrected chi connectivity index (χ2v) is 10.7. The van der Waals surface area contributed by atoms with Gasteiger partial charge in [0, 0.05) is 18.1 Å². The Balaban J connectivity index is 1.39. The Morgan fingerprint density at radius 2 is 1.92 bits per heavy atom. The molecule has 8 heteroatoms. The van der Waals surface area contributed by atoms with Gasteiger partial charge in [-0.1, -0.05) is 55.7 Å². The molecule has 0 spiro atoms. The van der Waals surface area contributed by atoms with Gasteiger partial charge in [0.05, 0.1) is 35.2 Å². The molecule has 0 saturated carbocycles. The molecule has 2 aromatic carbocycles. The van der Waals surface area contributed by atoms with Crippen LogP contribution < -0.4 is 4.90 Å². The van der Waals surface area contributed by atoms with Crippen LogP contribution in [0.1, 0.15) is 57.9 Å². The summed E-state index contributed by atoms with van der Waals surface area (Å²) in [5.41, 5.74) is 4.73. The summed E-state index contributed by atoms with van der Waals surface area (Å²) in [7, 11) is 0. The standard InChI is InChI=1S/C31H34N2O6/c1-3-7-21-16-25-29(31(36)32(30(25)35)22-9-6-10-23(17-22)33(37)38)26-18-39-27(28(21)26)13-12-19(4-2)14-20-8-5-11-24(34)15-20/h5-6,8-11,14-15,17,25-27,29,34H,3-4,7,12-13,16,18H2,1-2H3/b19-14+/t25-,26+,27-,29-/m1/s1. The summed E-state index contributed by atoms with van der Waals surface area (Å²) in [6.45, 7) is 4.63. The number of anilines is 1. The summed E-state index contributed by atoms with van der Waals surface area (Å²) in [6.07, 6.45) is 6.81. The fourth-order valence-corrected chi connectivity index (χ4v) is 6.53. The first kappa shape index (κ1) is 26.8. The van der Waals surface area contributed by atoms with E-state index in [4.69, 9.17) is 4.74 Å². The second-order valence-electron chi connectivity index (χ2n) is 10.7. The molecule has 39 heavy (non-hydrogen) atoms. The molecule has 2 aromatic rings. The predicted octanol–water partition coefficient (Wildman–Crippen LogP) is 6.20. The Bertz CT molecular complexity index is 1360. The number of nitrogens with zero attached hydrogens (tertiary/aromatic N) is 2. The van der Waals surface area contributed by atoms with Gasteiger partial charge in [0.25, 0.3) is 5.69 Å². The zero-order valence-corrected chi connectivity index (χ0v) is 22.3. The maximum absolute atomic E-state index is 13.7. The van der Waals surface area contributed by atoms with Crippen LogP contribution in [-0.2, 0) is 14.3 Å². The van der Waals surface area contributed by atoms with Crippen LogP contribution in [0.5, 0.6) is 5.75 Å². The number of benzene rings is 2. The van der Waals surface area contributed by atoms with Crippen molar-refractivity contribution in [2.45, 2.75) is 58.5 Å². The number of allylic oxidation sites excluding steroid dienone is 2. The normalized spacial score (nSPS) is 24.8. The average molecular weight is 531 g/mol. The summed E-state index contributed by atoms with van der Waals surface area (Å²) in [4.78, 5) is 39.2. The largest absolute Gasteiger partial charge is 0.508 e. The number of carbonyl (C=O) groups is 2. The smallest absolute Gasteiger partial charge is 0.271 e. The molecule has 4 atom stereocenters. The van der Waals surface area contributed by atoms with Crippen molar-refractivity contribution < 1.29 is 24.4 Å². The summed E-state index contributed by atoms with van der Waals surface area (Å²) in [5, 5.41) is 21.1. The van der Waals surface area contributed by atoms with Gasteiger partial charge in [-0.05, 0) is 61.4 Å².